The lowest BCUT2D eigenvalue weighted by molar-refractivity contribution is -0.117. The molecule has 1 N–H and O–H groups in total. The summed E-state index contributed by atoms with van der Waals surface area (Å²) in [5, 5.41) is 11.5. The maximum Gasteiger partial charge on any atom is 0.228 e. The number of benzene rings is 1. The topological polar surface area (TPSA) is 62.1 Å². The predicted octanol–water partition coefficient (Wildman–Crippen LogP) is 2.96. The Morgan fingerprint density at radius 1 is 1.30 bits per heavy atom. The minimum atomic E-state index is -0.0123. The SMILES string of the molecule is N#CCOc1ccccc1NC(=O)C1C2CCCCC21. The summed E-state index contributed by atoms with van der Waals surface area (Å²) in [5.74, 6) is 2.04. The summed E-state index contributed by atoms with van der Waals surface area (Å²) in [4.78, 5) is 12.3. The third kappa shape index (κ3) is 2.49. The number of hydrogen-bond donors (Lipinski definition) is 1. The van der Waals surface area contributed by atoms with Gasteiger partial charge in [0.2, 0.25) is 5.91 Å². The number of nitrogens with zero attached hydrogens (tertiary/aromatic N) is 1. The molecule has 0 aliphatic heterocycles. The van der Waals surface area contributed by atoms with Crippen molar-refractivity contribution >= 4 is 11.6 Å². The van der Waals surface area contributed by atoms with Crippen molar-refractivity contribution in [2.24, 2.45) is 17.8 Å². The van der Waals surface area contributed by atoms with Crippen molar-refractivity contribution < 1.29 is 9.53 Å². The zero-order chi connectivity index (χ0) is 13.9. The molecule has 20 heavy (non-hydrogen) atoms. The Morgan fingerprint density at radius 2 is 2.00 bits per heavy atom. The van der Waals surface area contributed by atoms with E-state index in [0.717, 1.165) is 0 Å². The molecule has 2 saturated carbocycles. The third-order valence-electron chi connectivity index (χ3n) is 4.40. The van der Waals surface area contributed by atoms with E-state index in [9.17, 15) is 4.79 Å². The Bertz CT molecular complexity index is 538. The number of hydrogen-bond acceptors (Lipinski definition) is 3. The molecule has 0 bridgehead atoms. The second kappa shape index (κ2) is 5.54. The number of nitrogens with one attached hydrogen (secondary N) is 1. The molecule has 2 aliphatic carbocycles. The summed E-state index contributed by atoms with van der Waals surface area (Å²) in [7, 11) is 0. The van der Waals surface area contributed by atoms with E-state index < -0.39 is 0 Å². The van der Waals surface area contributed by atoms with Gasteiger partial charge in [-0.05, 0) is 36.8 Å². The highest BCUT2D eigenvalue weighted by molar-refractivity contribution is 5.96. The van der Waals surface area contributed by atoms with Crippen LogP contribution in [0, 0.1) is 29.1 Å². The van der Waals surface area contributed by atoms with Crippen LogP contribution in [0.1, 0.15) is 25.7 Å². The second-order valence-electron chi connectivity index (χ2n) is 5.57. The van der Waals surface area contributed by atoms with Crippen molar-refractivity contribution in [3.05, 3.63) is 24.3 Å². The smallest absolute Gasteiger partial charge is 0.228 e. The zero-order valence-corrected chi connectivity index (χ0v) is 11.3. The minimum Gasteiger partial charge on any atom is -0.477 e. The predicted molar refractivity (Wildman–Crippen MR) is 75.1 cm³/mol. The summed E-state index contributed by atoms with van der Waals surface area (Å²) >= 11 is 0. The molecule has 0 saturated heterocycles. The second-order valence-corrected chi connectivity index (χ2v) is 5.57. The molecule has 104 valence electrons. The van der Waals surface area contributed by atoms with Crippen LogP contribution in [0.25, 0.3) is 0 Å². The summed E-state index contributed by atoms with van der Waals surface area (Å²) in [6.07, 6.45) is 4.89. The monoisotopic (exact) mass is 270 g/mol. The van der Waals surface area contributed by atoms with Gasteiger partial charge in [0.1, 0.15) is 11.8 Å². The van der Waals surface area contributed by atoms with Gasteiger partial charge >= 0.3 is 0 Å². The lowest BCUT2D eigenvalue weighted by Crippen LogP contribution is -2.16. The quantitative estimate of drug-likeness (QED) is 0.915. The summed E-state index contributed by atoms with van der Waals surface area (Å²) < 4.78 is 5.33. The Morgan fingerprint density at radius 3 is 2.70 bits per heavy atom. The third-order valence-corrected chi connectivity index (χ3v) is 4.40. The van der Waals surface area contributed by atoms with E-state index in [-0.39, 0.29) is 18.4 Å². The maximum absolute atomic E-state index is 12.3. The zero-order valence-electron chi connectivity index (χ0n) is 11.3. The van der Waals surface area contributed by atoms with Crippen LogP contribution < -0.4 is 10.1 Å². The molecule has 1 amide bonds. The molecule has 1 aromatic carbocycles. The molecule has 2 fully saturated rings. The van der Waals surface area contributed by atoms with Crippen molar-refractivity contribution in [1.29, 1.82) is 5.26 Å². The highest BCUT2D eigenvalue weighted by atomic mass is 16.5. The summed E-state index contributed by atoms with van der Waals surface area (Å²) in [6, 6.07) is 9.21. The first-order valence-electron chi connectivity index (χ1n) is 7.21. The largest absolute Gasteiger partial charge is 0.477 e. The standard InChI is InChI=1S/C16H18N2O2/c17-9-10-20-14-8-4-3-7-13(14)18-16(19)15-11-5-1-2-6-12(11)15/h3-4,7-8,11-12,15H,1-2,5-6,10H2,(H,18,19). The number of fused-ring (bicyclic) bond motifs is 1. The van der Waals surface area contributed by atoms with E-state index in [4.69, 9.17) is 10.00 Å². The van der Waals surface area contributed by atoms with Crippen molar-refractivity contribution in [2.75, 3.05) is 11.9 Å². The molecule has 0 aromatic heterocycles. The van der Waals surface area contributed by atoms with E-state index in [1.165, 1.54) is 25.7 Å². The number of carbonyl (C=O) groups excluding carboxylic acids is 1. The molecule has 2 aliphatic rings. The molecular weight excluding hydrogens is 252 g/mol. The van der Waals surface area contributed by atoms with Crippen LogP contribution in [0.2, 0.25) is 0 Å². The molecule has 0 heterocycles. The van der Waals surface area contributed by atoms with Gasteiger partial charge in [-0.1, -0.05) is 25.0 Å². The first kappa shape index (κ1) is 13.0. The minimum absolute atomic E-state index is 0.0123. The number of amides is 1. The van der Waals surface area contributed by atoms with Crippen molar-refractivity contribution in [1.82, 2.24) is 0 Å². The first-order chi connectivity index (χ1) is 9.81. The van der Waals surface area contributed by atoms with Gasteiger partial charge in [0.15, 0.2) is 6.61 Å². The molecule has 4 heteroatoms. The molecule has 3 rings (SSSR count). The number of para-hydroxylation sites is 2. The van der Waals surface area contributed by atoms with Crippen LogP contribution in [0.3, 0.4) is 0 Å². The van der Waals surface area contributed by atoms with Gasteiger partial charge < -0.3 is 10.1 Å². The van der Waals surface area contributed by atoms with Gasteiger partial charge in [-0.25, -0.2) is 0 Å². The Balaban J connectivity index is 1.66. The number of rotatable bonds is 4. The molecule has 0 radical (unpaired) electrons. The van der Waals surface area contributed by atoms with Crippen molar-refractivity contribution in [3.63, 3.8) is 0 Å². The highest BCUT2D eigenvalue weighted by Gasteiger charge is 2.54. The average Bonchev–Trinajstić information content (AvgIpc) is 3.21. The van der Waals surface area contributed by atoms with E-state index >= 15 is 0 Å². The van der Waals surface area contributed by atoms with Crippen LogP contribution in [-0.4, -0.2) is 12.5 Å². The van der Waals surface area contributed by atoms with Gasteiger partial charge in [-0.2, -0.15) is 5.26 Å². The molecule has 4 nitrogen and oxygen atoms in total. The number of ether oxygens (including phenoxy) is 1. The highest BCUT2D eigenvalue weighted by Crippen LogP contribution is 2.55. The Hall–Kier alpha value is -2.02. The molecular formula is C16H18N2O2. The van der Waals surface area contributed by atoms with Gasteiger partial charge in [0, 0.05) is 5.92 Å². The maximum atomic E-state index is 12.3. The summed E-state index contributed by atoms with van der Waals surface area (Å²) in [5.41, 5.74) is 0.663. The first-order valence-corrected chi connectivity index (χ1v) is 7.21. The molecule has 1 aromatic rings. The average molecular weight is 270 g/mol. The van der Waals surface area contributed by atoms with Gasteiger partial charge in [0.25, 0.3) is 0 Å². The van der Waals surface area contributed by atoms with Crippen LogP contribution in [-0.2, 0) is 4.79 Å². The lowest BCUT2D eigenvalue weighted by atomic mass is 10.0. The van der Waals surface area contributed by atoms with Gasteiger partial charge in [-0.15, -0.1) is 0 Å². The summed E-state index contributed by atoms with van der Waals surface area (Å²) in [6.45, 7) is -0.0123. The van der Waals surface area contributed by atoms with Gasteiger partial charge in [0.05, 0.1) is 5.69 Å². The van der Waals surface area contributed by atoms with Crippen LogP contribution >= 0.6 is 0 Å². The fraction of sp³-hybridized carbons (Fsp3) is 0.500. The Kier molecular flexibility index (Phi) is 3.60. The number of anilines is 1. The van der Waals surface area contributed by atoms with Crippen LogP contribution in [0.4, 0.5) is 5.69 Å². The number of nitriles is 1. The van der Waals surface area contributed by atoms with Crippen LogP contribution in [0.5, 0.6) is 5.75 Å². The van der Waals surface area contributed by atoms with E-state index in [0.29, 0.717) is 23.3 Å². The lowest BCUT2D eigenvalue weighted by Gasteiger charge is -2.10. The van der Waals surface area contributed by atoms with E-state index in [1.54, 1.807) is 6.07 Å². The Labute approximate surface area is 118 Å². The molecule has 2 atom stereocenters. The van der Waals surface area contributed by atoms with E-state index in [2.05, 4.69) is 5.32 Å². The van der Waals surface area contributed by atoms with E-state index in [1.807, 2.05) is 24.3 Å². The van der Waals surface area contributed by atoms with Crippen LogP contribution in [0.15, 0.2) is 24.3 Å². The van der Waals surface area contributed by atoms with Crippen molar-refractivity contribution in [3.8, 4) is 11.8 Å². The molecule has 0 spiro atoms. The molecule has 2 unspecified atom stereocenters. The fourth-order valence-electron chi connectivity index (χ4n) is 3.40. The number of carbonyl (C=O) groups is 1. The van der Waals surface area contributed by atoms with Crippen molar-refractivity contribution in [2.45, 2.75) is 25.7 Å². The fourth-order valence-corrected chi connectivity index (χ4v) is 3.40. The normalized spacial score (nSPS) is 27.1. The van der Waals surface area contributed by atoms with Gasteiger partial charge in [-0.3, -0.25) is 4.79 Å².